The lowest BCUT2D eigenvalue weighted by molar-refractivity contribution is -0.133. The molecule has 1 unspecified atom stereocenters. The fraction of sp³-hybridized carbons (Fsp3) is 0.650. The zero-order valence-corrected chi connectivity index (χ0v) is 15.2. The Morgan fingerprint density at radius 3 is 2.75 bits per heavy atom. The van der Waals surface area contributed by atoms with Crippen LogP contribution < -0.4 is 10.1 Å². The van der Waals surface area contributed by atoms with Crippen molar-refractivity contribution in [2.45, 2.75) is 44.9 Å². The molecule has 0 saturated carbocycles. The maximum atomic E-state index is 12.3. The minimum atomic E-state index is 0.347. The summed E-state index contributed by atoms with van der Waals surface area (Å²) in [6.07, 6.45) is 7.43. The quantitative estimate of drug-likeness (QED) is 0.706. The van der Waals surface area contributed by atoms with E-state index in [2.05, 4.69) is 22.3 Å². The predicted molar refractivity (Wildman–Crippen MR) is 98.4 cm³/mol. The number of amides is 1. The van der Waals surface area contributed by atoms with Gasteiger partial charge in [-0.3, -0.25) is 4.79 Å². The maximum absolute atomic E-state index is 12.3. The normalized spacial score (nSPS) is 17.8. The third-order valence-corrected chi connectivity index (χ3v) is 4.88. The van der Waals surface area contributed by atoms with Crippen LogP contribution in [0.4, 0.5) is 0 Å². The van der Waals surface area contributed by atoms with E-state index >= 15 is 0 Å². The molecule has 0 bridgehead atoms. The number of carbonyl (C=O) groups is 1. The standard InChI is InChI=1S/C20H32N2O2/c1-21-15-18-8-6-14-22(16-18)20(23)9-5-3-4-7-17-10-12-19(24-2)13-11-17/h10-13,18,21H,3-9,14-16H2,1-2H3. The van der Waals surface area contributed by atoms with Gasteiger partial charge in [-0.2, -0.15) is 0 Å². The average molecular weight is 332 g/mol. The van der Waals surface area contributed by atoms with Gasteiger partial charge in [-0.25, -0.2) is 0 Å². The van der Waals surface area contributed by atoms with Gasteiger partial charge in [0.25, 0.3) is 0 Å². The molecule has 1 atom stereocenters. The van der Waals surface area contributed by atoms with Gasteiger partial charge in [0.05, 0.1) is 7.11 Å². The first-order chi connectivity index (χ1) is 11.7. The number of hydrogen-bond acceptors (Lipinski definition) is 3. The van der Waals surface area contributed by atoms with Crippen LogP contribution in [-0.2, 0) is 11.2 Å². The van der Waals surface area contributed by atoms with E-state index in [1.807, 2.05) is 19.2 Å². The summed E-state index contributed by atoms with van der Waals surface area (Å²) in [7, 11) is 3.68. The smallest absolute Gasteiger partial charge is 0.222 e. The van der Waals surface area contributed by atoms with Gasteiger partial charge < -0.3 is 15.0 Å². The van der Waals surface area contributed by atoms with Crippen molar-refractivity contribution in [1.29, 1.82) is 0 Å². The molecule has 24 heavy (non-hydrogen) atoms. The maximum Gasteiger partial charge on any atom is 0.222 e. The number of likely N-dealkylation sites (tertiary alicyclic amines) is 1. The van der Waals surface area contributed by atoms with Crippen molar-refractivity contribution < 1.29 is 9.53 Å². The molecule has 1 amide bonds. The summed E-state index contributed by atoms with van der Waals surface area (Å²) in [6.45, 7) is 2.90. The zero-order valence-electron chi connectivity index (χ0n) is 15.2. The van der Waals surface area contributed by atoms with Gasteiger partial charge in [0, 0.05) is 19.5 Å². The molecule has 0 radical (unpaired) electrons. The third-order valence-electron chi connectivity index (χ3n) is 4.88. The van der Waals surface area contributed by atoms with Crippen molar-refractivity contribution in [3.8, 4) is 5.75 Å². The fourth-order valence-electron chi connectivity index (χ4n) is 3.48. The molecule has 2 rings (SSSR count). The Kier molecular flexibility index (Phi) is 8.10. The van der Waals surface area contributed by atoms with Gasteiger partial charge in [0.1, 0.15) is 5.75 Å². The number of aryl methyl sites for hydroxylation is 1. The fourth-order valence-corrected chi connectivity index (χ4v) is 3.48. The van der Waals surface area contributed by atoms with Gasteiger partial charge in [0.2, 0.25) is 5.91 Å². The number of rotatable bonds is 9. The first kappa shape index (κ1) is 18.8. The Balaban J connectivity index is 1.60. The number of carbonyl (C=O) groups excluding carboxylic acids is 1. The van der Waals surface area contributed by atoms with Crippen LogP contribution in [0.2, 0.25) is 0 Å². The van der Waals surface area contributed by atoms with Gasteiger partial charge in [-0.15, -0.1) is 0 Å². The first-order valence-corrected chi connectivity index (χ1v) is 9.28. The molecule has 1 fully saturated rings. The molecule has 1 aliphatic rings. The molecular formula is C20H32N2O2. The summed E-state index contributed by atoms with van der Waals surface area (Å²) in [4.78, 5) is 14.4. The van der Waals surface area contributed by atoms with Gasteiger partial charge in [-0.1, -0.05) is 18.6 Å². The second-order valence-corrected chi connectivity index (χ2v) is 6.81. The molecule has 1 aromatic carbocycles. The number of ether oxygens (including phenoxy) is 1. The number of methoxy groups -OCH3 is 1. The van der Waals surface area contributed by atoms with Crippen molar-refractivity contribution in [2.24, 2.45) is 5.92 Å². The van der Waals surface area contributed by atoms with Crippen LogP contribution in [0, 0.1) is 5.92 Å². The van der Waals surface area contributed by atoms with E-state index in [4.69, 9.17) is 4.74 Å². The molecule has 0 spiro atoms. The largest absolute Gasteiger partial charge is 0.497 e. The number of benzene rings is 1. The molecular weight excluding hydrogens is 300 g/mol. The highest BCUT2D eigenvalue weighted by Gasteiger charge is 2.22. The molecule has 4 heteroatoms. The van der Waals surface area contributed by atoms with E-state index in [1.165, 1.54) is 12.0 Å². The Labute approximate surface area is 146 Å². The number of piperidine rings is 1. The van der Waals surface area contributed by atoms with Crippen molar-refractivity contribution in [2.75, 3.05) is 33.8 Å². The topological polar surface area (TPSA) is 41.6 Å². The SMILES string of the molecule is CNCC1CCCN(C(=O)CCCCCc2ccc(OC)cc2)C1. The highest BCUT2D eigenvalue weighted by atomic mass is 16.5. The lowest BCUT2D eigenvalue weighted by atomic mass is 9.97. The molecule has 1 saturated heterocycles. The minimum absolute atomic E-state index is 0.347. The Morgan fingerprint density at radius 2 is 2.04 bits per heavy atom. The van der Waals surface area contributed by atoms with E-state index in [0.717, 1.165) is 57.5 Å². The van der Waals surface area contributed by atoms with Crippen molar-refractivity contribution >= 4 is 5.91 Å². The van der Waals surface area contributed by atoms with E-state index in [1.54, 1.807) is 7.11 Å². The van der Waals surface area contributed by atoms with Crippen molar-refractivity contribution in [3.05, 3.63) is 29.8 Å². The minimum Gasteiger partial charge on any atom is -0.497 e. The summed E-state index contributed by atoms with van der Waals surface area (Å²) in [6, 6.07) is 8.27. The molecule has 0 aliphatic carbocycles. The predicted octanol–water partition coefficient (Wildman–Crippen LogP) is 3.26. The molecule has 0 aromatic heterocycles. The van der Waals surface area contributed by atoms with Gasteiger partial charge >= 0.3 is 0 Å². The van der Waals surface area contributed by atoms with Crippen LogP contribution in [0.15, 0.2) is 24.3 Å². The molecule has 1 aromatic rings. The van der Waals surface area contributed by atoms with E-state index in [-0.39, 0.29) is 0 Å². The van der Waals surface area contributed by atoms with Crippen LogP contribution >= 0.6 is 0 Å². The van der Waals surface area contributed by atoms with E-state index in [0.29, 0.717) is 18.2 Å². The highest BCUT2D eigenvalue weighted by Crippen LogP contribution is 2.18. The summed E-state index contributed by atoms with van der Waals surface area (Å²) >= 11 is 0. The molecule has 1 heterocycles. The summed E-state index contributed by atoms with van der Waals surface area (Å²) in [5, 5.41) is 3.23. The molecule has 1 aliphatic heterocycles. The average Bonchev–Trinajstić information content (AvgIpc) is 2.62. The van der Waals surface area contributed by atoms with Crippen LogP contribution in [0.1, 0.15) is 44.1 Å². The Morgan fingerprint density at radius 1 is 1.25 bits per heavy atom. The molecule has 1 N–H and O–H groups in total. The number of nitrogens with zero attached hydrogens (tertiary/aromatic N) is 1. The Bertz CT molecular complexity index is 485. The van der Waals surface area contributed by atoms with E-state index < -0.39 is 0 Å². The second-order valence-electron chi connectivity index (χ2n) is 6.81. The van der Waals surface area contributed by atoms with Crippen LogP contribution in [0.25, 0.3) is 0 Å². The van der Waals surface area contributed by atoms with Crippen LogP contribution in [0.5, 0.6) is 5.75 Å². The van der Waals surface area contributed by atoms with Gasteiger partial charge in [0.15, 0.2) is 0 Å². The number of nitrogens with one attached hydrogen (secondary N) is 1. The zero-order chi connectivity index (χ0) is 17.2. The monoisotopic (exact) mass is 332 g/mol. The van der Waals surface area contributed by atoms with E-state index in [9.17, 15) is 4.79 Å². The third kappa shape index (κ3) is 6.16. The Hall–Kier alpha value is -1.55. The van der Waals surface area contributed by atoms with Crippen molar-refractivity contribution in [3.63, 3.8) is 0 Å². The number of hydrogen-bond donors (Lipinski definition) is 1. The van der Waals surface area contributed by atoms with Crippen LogP contribution in [0.3, 0.4) is 0 Å². The number of unbranched alkanes of at least 4 members (excludes halogenated alkanes) is 2. The first-order valence-electron chi connectivity index (χ1n) is 9.28. The lowest BCUT2D eigenvalue weighted by Crippen LogP contribution is -2.42. The summed E-state index contributed by atoms with van der Waals surface area (Å²) in [5.41, 5.74) is 1.34. The second kappa shape index (κ2) is 10.3. The summed E-state index contributed by atoms with van der Waals surface area (Å²) in [5.74, 6) is 1.88. The van der Waals surface area contributed by atoms with Crippen molar-refractivity contribution in [1.82, 2.24) is 10.2 Å². The lowest BCUT2D eigenvalue weighted by Gasteiger charge is -2.32. The highest BCUT2D eigenvalue weighted by molar-refractivity contribution is 5.76. The molecule has 134 valence electrons. The van der Waals surface area contributed by atoms with Gasteiger partial charge in [-0.05, 0) is 69.3 Å². The van der Waals surface area contributed by atoms with Crippen LogP contribution in [-0.4, -0.2) is 44.6 Å². The molecule has 4 nitrogen and oxygen atoms in total. The summed E-state index contributed by atoms with van der Waals surface area (Å²) < 4.78 is 5.17.